The molecule has 2 rings (SSSR count). The Labute approximate surface area is 193 Å². The summed E-state index contributed by atoms with van der Waals surface area (Å²) in [6, 6.07) is 15.1. The summed E-state index contributed by atoms with van der Waals surface area (Å²) in [6.45, 7) is 15.0. The van der Waals surface area contributed by atoms with Crippen LogP contribution in [0.2, 0.25) is 0 Å². The normalized spacial score (nSPS) is 12.4. The summed E-state index contributed by atoms with van der Waals surface area (Å²) in [4.78, 5) is 27.7. The van der Waals surface area contributed by atoms with Crippen LogP contribution in [0.4, 0.5) is 0 Å². The maximum atomic E-state index is 13.3. The zero-order chi connectivity index (χ0) is 23.9. The van der Waals surface area contributed by atoms with E-state index in [1.54, 1.807) is 11.8 Å². The molecular formula is C27H38N2O3. The zero-order valence-electron chi connectivity index (χ0n) is 20.6. The highest BCUT2D eigenvalue weighted by molar-refractivity contribution is 5.88. The van der Waals surface area contributed by atoms with E-state index in [4.69, 9.17) is 4.74 Å². The molecule has 2 aromatic carbocycles. The smallest absolute Gasteiger partial charge is 0.261 e. The molecule has 5 heteroatoms. The highest BCUT2D eigenvalue weighted by atomic mass is 16.5. The van der Waals surface area contributed by atoms with Gasteiger partial charge in [0, 0.05) is 13.1 Å². The summed E-state index contributed by atoms with van der Waals surface area (Å²) >= 11 is 0. The van der Waals surface area contributed by atoms with Crippen molar-refractivity contribution in [2.75, 3.05) is 13.2 Å². The van der Waals surface area contributed by atoms with Gasteiger partial charge in [0.15, 0.2) is 6.61 Å². The lowest BCUT2D eigenvalue weighted by Gasteiger charge is -2.30. The summed E-state index contributed by atoms with van der Waals surface area (Å²) in [5.41, 5.74) is 3.03. The number of amides is 2. The number of benzene rings is 2. The number of para-hydroxylation sites is 1. The van der Waals surface area contributed by atoms with Gasteiger partial charge >= 0.3 is 0 Å². The molecule has 0 unspecified atom stereocenters. The van der Waals surface area contributed by atoms with Gasteiger partial charge in [-0.05, 0) is 47.9 Å². The van der Waals surface area contributed by atoms with Crippen LogP contribution in [-0.4, -0.2) is 35.9 Å². The molecule has 0 spiro atoms. The molecule has 32 heavy (non-hydrogen) atoms. The fourth-order valence-electron chi connectivity index (χ4n) is 3.44. The van der Waals surface area contributed by atoms with Crippen LogP contribution in [0.1, 0.15) is 58.2 Å². The van der Waals surface area contributed by atoms with Crippen LogP contribution >= 0.6 is 0 Å². The van der Waals surface area contributed by atoms with Gasteiger partial charge < -0.3 is 15.0 Å². The van der Waals surface area contributed by atoms with Gasteiger partial charge in [0.05, 0.1) is 0 Å². The minimum atomic E-state index is -0.609. The molecule has 0 aliphatic rings. The maximum Gasteiger partial charge on any atom is 0.261 e. The Balaban J connectivity index is 2.22. The van der Waals surface area contributed by atoms with E-state index >= 15 is 0 Å². The standard InChI is InChI=1S/C27H38N2O3/c1-19(2)16-28-26(31)21(4)29(17-22-13-9-8-12-20(22)3)25(30)18-32-24-15-11-10-14-23(24)27(5,6)7/h8-15,19,21H,16-18H2,1-7H3,(H,28,31)/t21-/m0/s1. The molecule has 0 aromatic heterocycles. The van der Waals surface area contributed by atoms with Crippen LogP contribution in [0.25, 0.3) is 0 Å². The molecule has 0 radical (unpaired) electrons. The summed E-state index contributed by atoms with van der Waals surface area (Å²) in [6.07, 6.45) is 0. The molecule has 0 bridgehead atoms. The van der Waals surface area contributed by atoms with Crippen molar-refractivity contribution in [3.63, 3.8) is 0 Å². The van der Waals surface area contributed by atoms with Crippen LogP contribution in [0, 0.1) is 12.8 Å². The summed E-state index contributed by atoms with van der Waals surface area (Å²) in [5.74, 6) is 0.657. The zero-order valence-corrected chi connectivity index (χ0v) is 20.6. The van der Waals surface area contributed by atoms with Gasteiger partial charge in [-0.3, -0.25) is 9.59 Å². The molecule has 0 aliphatic carbocycles. The van der Waals surface area contributed by atoms with Gasteiger partial charge in [0.1, 0.15) is 11.8 Å². The van der Waals surface area contributed by atoms with E-state index in [0.29, 0.717) is 24.8 Å². The number of ether oxygens (including phenoxy) is 1. The number of nitrogens with one attached hydrogen (secondary N) is 1. The summed E-state index contributed by atoms with van der Waals surface area (Å²) in [7, 11) is 0. The third-order valence-corrected chi connectivity index (χ3v) is 5.50. The molecule has 5 nitrogen and oxygen atoms in total. The predicted molar refractivity (Wildman–Crippen MR) is 130 cm³/mol. The van der Waals surface area contributed by atoms with Crippen LogP contribution in [0.3, 0.4) is 0 Å². The van der Waals surface area contributed by atoms with Gasteiger partial charge in [-0.15, -0.1) is 0 Å². The largest absolute Gasteiger partial charge is 0.483 e. The summed E-state index contributed by atoms with van der Waals surface area (Å²) in [5, 5.41) is 2.95. The topological polar surface area (TPSA) is 58.6 Å². The molecule has 2 amide bonds. The van der Waals surface area contributed by atoms with Crippen molar-refractivity contribution >= 4 is 11.8 Å². The average molecular weight is 439 g/mol. The second-order valence-corrected chi connectivity index (χ2v) is 9.80. The Morgan fingerprint density at radius 3 is 2.25 bits per heavy atom. The van der Waals surface area contributed by atoms with Crippen molar-refractivity contribution in [2.45, 2.75) is 66.5 Å². The first-order chi connectivity index (χ1) is 15.0. The molecule has 0 aliphatic heterocycles. The number of hydrogen-bond donors (Lipinski definition) is 1. The van der Waals surface area contributed by atoms with Crippen molar-refractivity contribution in [2.24, 2.45) is 5.92 Å². The third-order valence-electron chi connectivity index (χ3n) is 5.50. The fourth-order valence-corrected chi connectivity index (χ4v) is 3.44. The lowest BCUT2D eigenvalue weighted by Crippen LogP contribution is -2.49. The van der Waals surface area contributed by atoms with Gasteiger partial charge in [-0.1, -0.05) is 77.1 Å². The number of carbonyl (C=O) groups excluding carboxylic acids is 2. The number of hydrogen-bond acceptors (Lipinski definition) is 3. The SMILES string of the molecule is Cc1ccccc1CN(C(=O)COc1ccccc1C(C)(C)C)[C@@H](C)C(=O)NCC(C)C. The first kappa shape index (κ1) is 25.4. The molecule has 0 heterocycles. The minimum Gasteiger partial charge on any atom is -0.483 e. The first-order valence-electron chi connectivity index (χ1n) is 11.3. The Hall–Kier alpha value is -2.82. The maximum absolute atomic E-state index is 13.3. The average Bonchev–Trinajstić information content (AvgIpc) is 2.74. The first-order valence-corrected chi connectivity index (χ1v) is 11.3. The second kappa shape index (κ2) is 11.2. The number of rotatable bonds is 9. The van der Waals surface area contributed by atoms with Crippen molar-refractivity contribution in [3.8, 4) is 5.75 Å². The van der Waals surface area contributed by atoms with Crippen LogP contribution < -0.4 is 10.1 Å². The molecule has 1 N–H and O–H groups in total. The van der Waals surface area contributed by atoms with Gasteiger partial charge in [-0.25, -0.2) is 0 Å². The molecule has 174 valence electrons. The monoisotopic (exact) mass is 438 g/mol. The number of aryl methyl sites for hydroxylation is 1. The molecule has 0 saturated carbocycles. The lowest BCUT2D eigenvalue weighted by molar-refractivity contribution is -0.142. The number of carbonyl (C=O) groups is 2. The quantitative estimate of drug-likeness (QED) is 0.608. The van der Waals surface area contributed by atoms with Gasteiger partial charge in [0.25, 0.3) is 5.91 Å². The van der Waals surface area contributed by atoms with E-state index < -0.39 is 6.04 Å². The molecular weight excluding hydrogens is 400 g/mol. The highest BCUT2D eigenvalue weighted by Gasteiger charge is 2.27. The van der Waals surface area contributed by atoms with Crippen molar-refractivity contribution < 1.29 is 14.3 Å². The van der Waals surface area contributed by atoms with E-state index in [0.717, 1.165) is 16.7 Å². The van der Waals surface area contributed by atoms with E-state index in [1.165, 1.54) is 0 Å². The third kappa shape index (κ3) is 7.11. The van der Waals surface area contributed by atoms with Gasteiger partial charge in [0.2, 0.25) is 5.91 Å². The van der Waals surface area contributed by atoms with Crippen molar-refractivity contribution in [1.82, 2.24) is 10.2 Å². The lowest BCUT2D eigenvalue weighted by atomic mass is 9.86. The fraction of sp³-hybridized carbons (Fsp3) is 0.481. The van der Waals surface area contributed by atoms with Crippen LogP contribution in [-0.2, 0) is 21.5 Å². The Morgan fingerprint density at radius 1 is 1.00 bits per heavy atom. The second-order valence-electron chi connectivity index (χ2n) is 9.80. The molecule has 0 saturated heterocycles. The number of nitrogens with zero attached hydrogens (tertiary/aromatic N) is 1. The van der Waals surface area contributed by atoms with E-state index in [2.05, 4.69) is 26.1 Å². The van der Waals surface area contributed by atoms with Crippen molar-refractivity contribution in [1.29, 1.82) is 0 Å². The molecule has 2 aromatic rings. The highest BCUT2D eigenvalue weighted by Crippen LogP contribution is 2.31. The van der Waals surface area contributed by atoms with Gasteiger partial charge in [-0.2, -0.15) is 0 Å². The van der Waals surface area contributed by atoms with E-state index in [-0.39, 0.29) is 23.8 Å². The van der Waals surface area contributed by atoms with Crippen LogP contribution in [0.15, 0.2) is 48.5 Å². The predicted octanol–water partition coefficient (Wildman–Crippen LogP) is 4.86. The minimum absolute atomic E-state index is 0.107. The van der Waals surface area contributed by atoms with E-state index in [9.17, 15) is 9.59 Å². The van der Waals surface area contributed by atoms with Crippen molar-refractivity contribution in [3.05, 3.63) is 65.2 Å². The Bertz CT molecular complexity index is 915. The van der Waals surface area contributed by atoms with E-state index in [1.807, 2.05) is 69.3 Å². The Morgan fingerprint density at radius 2 is 1.62 bits per heavy atom. The van der Waals surface area contributed by atoms with Crippen LogP contribution in [0.5, 0.6) is 5.75 Å². The molecule has 0 fully saturated rings. The molecule has 1 atom stereocenters. The summed E-state index contributed by atoms with van der Waals surface area (Å²) < 4.78 is 5.98. The Kier molecular flexibility index (Phi) is 8.88.